The molecular formula is C17H19N5O4S. The third-order valence-corrected chi connectivity index (χ3v) is 5.15. The van der Waals surface area contributed by atoms with Crippen molar-refractivity contribution in [2.24, 2.45) is 10.9 Å². The lowest BCUT2D eigenvalue weighted by molar-refractivity contribution is 0.1000. The number of aryl methyl sites for hydroxylation is 2. The SMILES string of the molecule is COc1cc(C(N)=O)cc2nc(N)n(CCc3ccc(S(N)(=O)=O)cc3)c12. The number of aromatic nitrogens is 2. The van der Waals surface area contributed by atoms with E-state index in [1.165, 1.54) is 19.2 Å². The number of hydrogen-bond acceptors (Lipinski definition) is 6. The Bertz CT molecular complexity index is 1120. The van der Waals surface area contributed by atoms with E-state index in [1.54, 1.807) is 28.8 Å². The highest BCUT2D eigenvalue weighted by molar-refractivity contribution is 7.89. The highest BCUT2D eigenvalue weighted by atomic mass is 32.2. The fourth-order valence-corrected chi connectivity index (χ4v) is 3.37. The van der Waals surface area contributed by atoms with E-state index in [1.807, 2.05) is 0 Å². The summed E-state index contributed by atoms with van der Waals surface area (Å²) in [5.74, 6) is 0.124. The summed E-state index contributed by atoms with van der Waals surface area (Å²) in [7, 11) is -2.24. The highest BCUT2D eigenvalue weighted by Gasteiger charge is 2.16. The molecule has 0 unspecified atom stereocenters. The molecule has 0 aliphatic heterocycles. The summed E-state index contributed by atoms with van der Waals surface area (Å²) in [4.78, 5) is 15.8. The summed E-state index contributed by atoms with van der Waals surface area (Å²) in [5.41, 5.74) is 13.7. The summed E-state index contributed by atoms with van der Waals surface area (Å²) in [6.07, 6.45) is 0.571. The molecule has 10 heteroatoms. The van der Waals surface area contributed by atoms with E-state index in [0.717, 1.165) is 5.56 Å². The molecule has 0 aliphatic rings. The molecule has 0 radical (unpaired) electrons. The van der Waals surface area contributed by atoms with Gasteiger partial charge in [-0.1, -0.05) is 12.1 Å². The molecule has 1 heterocycles. The Morgan fingerprint density at radius 1 is 1.22 bits per heavy atom. The predicted molar refractivity (Wildman–Crippen MR) is 101 cm³/mol. The quantitative estimate of drug-likeness (QED) is 0.561. The maximum Gasteiger partial charge on any atom is 0.248 e. The van der Waals surface area contributed by atoms with Crippen molar-refractivity contribution < 1.29 is 17.9 Å². The second-order valence-corrected chi connectivity index (χ2v) is 7.53. The van der Waals surface area contributed by atoms with Gasteiger partial charge in [0.25, 0.3) is 0 Å². The van der Waals surface area contributed by atoms with Gasteiger partial charge >= 0.3 is 0 Å². The molecule has 0 spiro atoms. The number of fused-ring (bicyclic) bond motifs is 1. The van der Waals surface area contributed by atoms with E-state index < -0.39 is 15.9 Å². The van der Waals surface area contributed by atoms with Crippen molar-refractivity contribution in [3.05, 3.63) is 47.5 Å². The zero-order valence-corrected chi connectivity index (χ0v) is 15.4. The minimum atomic E-state index is -3.72. The second-order valence-electron chi connectivity index (χ2n) is 5.97. The van der Waals surface area contributed by atoms with Gasteiger partial charge in [0.05, 0.1) is 17.5 Å². The third kappa shape index (κ3) is 3.71. The van der Waals surface area contributed by atoms with E-state index in [-0.39, 0.29) is 16.4 Å². The van der Waals surface area contributed by atoms with Crippen LogP contribution in [0.5, 0.6) is 5.75 Å². The van der Waals surface area contributed by atoms with Crippen molar-refractivity contribution in [2.75, 3.05) is 12.8 Å². The minimum absolute atomic E-state index is 0.0551. The molecule has 2 aromatic carbocycles. The number of nitrogens with two attached hydrogens (primary N) is 3. The van der Waals surface area contributed by atoms with Gasteiger partial charge in [-0.05, 0) is 36.2 Å². The number of benzene rings is 2. The molecule has 27 heavy (non-hydrogen) atoms. The van der Waals surface area contributed by atoms with Gasteiger partial charge in [0.2, 0.25) is 21.9 Å². The van der Waals surface area contributed by atoms with E-state index in [4.69, 9.17) is 21.3 Å². The first kappa shape index (κ1) is 18.7. The lowest BCUT2D eigenvalue weighted by Gasteiger charge is -2.10. The van der Waals surface area contributed by atoms with Crippen molar-refractivity contribution >= 4 is 32.9 Å². The molecule has 0 fully saturated rings. The number of methoxy groups -OCH3 is 1. The smallest absolute Gasteiger partial charge is 0.248 e. The van der Waals surface area contributed by atoms with E-state index in [0.29, 0.717) is 29.7 Å². The number of ether oxygens (including phenoxy) is 1. The molecule has 0 atom stereocenters. The number of carbonyl (C=O) groups is 1. The lowest BCUT2D eigenvalue weighted by Crippen LogP contribution is -2.12. The van der Waals surface area contributed by atoms with Gasteiger partial charge in [-0.25, -0.2) is 18.5 Å². The molecule has 142 valence electrons. The van der Waals surface area contributed by atoms with Gasteiger partial charge in [-0.3, -0.25) is 4.79 Å². The zero-order chi connectivity index (χ0) is 19.8. The monoisotopic (exact) mass is 389 g/mol. The lowest BCUT2D eigenvalue weighted by atomic mass is 10.1. The Kier molecular flexibility index (Phi) is 4.77. The molecule has 1 amide bonds. The molecule has 6 N–H and O–H groups in total. The number of carbonyl (C=O) groups excluding carboxylic acids is 1. The van der Waals surface area contributed by atoms with Crippen molar-refractivity contribution in [1.82, 2.24) is 9.55 Å². The number of sulfonamides is 1. The van der Waals surface area contributed by atoms with E-state index >= 15 is 0 Å². The molecule has 1 aromatic heterocycles. The van der Waals surface area contributed by atoms with Crippen molar-refractivity contribution in [3.8, 4) is 5.75 Å². The first-order valence-electron chi connectivity index (χ1n) is 7.96. The number of primary sulfonamides is 1. The Morgan fingerprint density at radius 2 is 1.89 bits per heavy atom. The largest absolute Gasteiger partial charge is 0.494 e. The number of nitrogen functional groups attached to an aromatic ring is 1. The normalized spacial score (nSPS) is 11.6. The maximum absolute atomic E-state index is 11.5. The average molecular weight is 389 g/mol. The first-order valence-corrected chi connectivity index (χ1v) is 9.50. The van der Waals surface area contributed by atoms with Crippen LogP contribution in [0.25, 0.3) is 11.0 Å². The molecule has 0 saturated carbocycles. The molecular weight excluding hydrogens is 370 g/mol. The molecule has 3 rings (SSSR count). The van der Waals surface area contributed by atoms with Gasteiger partial charge in [0, 0.05) is 12.1 Å². The number of rotatable bonds is 6. The summed E-state index contributed by atoms with van der Waals surface area (Å²) >= 11 is 0. The Balaban J connectivity index is 1.93. The molecule has 0 bridgehead atoms. The number of imidazole rings is 1. The molecule has 3 aromatic rings. The number of primary amides is 1. The summed E-state index contributed by atoms with van der Waals surface area (Å²) in [6.45, 7) is 0.476. The van der Waals surface area contributed by atoms with Crippen molar-refractivity contribution in [1.29, 1.82) is 0 Å². The third-order valence-electron chi connectivity index (χ3n) is 4.22. The van der Waals surface area contributed by atoms with Crippen molar-refractivity contribution in [2.45, 2.75) is 17.9 Å². The van der Waals surface area contributed by atoms with Crippen LogP contribution < -0.4 is 21.3 Å². The van der Waals surface area contributed by atoms with Crippen LogP contribution in [0.15, 0.2) is 41.3 Å². The van der Waals surface area contributed by atoms with Gasteiger partial charge in [-0.15, -0.1) is 0 Å². The topological polar surface area (TPSA) is 156 Å². The second kappa shape index (κ2) is 6.89. The van der Waals surface area contributed by atoms with Gasteiger partial charge in [0.15, 0.2) is 0 Å². The highest BCUT2D eigenvalue weighted by Crippen LogP contribution is 2.29. The maximum atomic E-state index is 11.5. The van der Waals surface area contributed by atoms with Crippen LogP contribution in [0.4, 0.5) is 5.95 Å². The molecule has 9 nitrogen and oxygen atoms in total. The number of amides is 1. The number of hydrogen-bond donors (Lipinski definition) is 3. The molecule has 0 aliphatic carbocycles. The van der Waals surface area contributed by atoms with Crippen LogP contribution in [0.2, 0.25) is 0 Å². The summed E-state index contributed by atoms with van der Waals surface area (Å²) in [5, 5.41) is 5.10. The van der Waals surface area contributed by atoms with Crippen LogP contribution in [0.1, 0.15) is 15.9 Å². The van der Waals surface area contributed by atoms with Crippen molar-refractivity contribution in [3.63, 3.8) is 0 Å². The average Bonchev–Trinajstić information content (AvgIpc) is 2.93. The van der Waals surface area contributed by atoms with Crippen LogP contribution in [-0.2, 0) is 23.0 Å². The van der Waals surface area contributed by atoms with E-state index in [9.17, 15) is 13.2 Å². The van der Waals surface area contributed by atoms with Crippen LogP contribution in [0.3, 0.4) is 0 Å². The summed E-state index contributed by atoms with van der Waals surface area (Å²) in [6, 6.07) is 9.41. The number of nitrogens with zero attached hydrogens (tertiary/aromatic N) is 2. The number of anilines is 1. The Morgan fingerprint density at radius 3 is 2.44 bits per heavy atom. The van der Waals surface area contributed by atoms with Gasteiger partial charge < -0.3 is 20.8 Å². The molecule has 0 saturated heterocycles. The minimum Gasteiger partial charge on any atom is -0.494 e. The van der Waals surface area contributed by atoms with Crippen LogP contribution >= 0.6 is 0 Å². The van der Waals surface area contributed by atoms with E-state index in [2.05, 4.69) is 4.98 Å². The zero-order valence-electron chi connectivity index (χ0n) is 14.5. The fourth-order valence-electron chi connectivity index (χ4n) is 2.86. The Labute approximate surface area is 155 Å². The first-order chi connectivity index (χ1) is 12.7. The van der Waals surface area contributed by atoms with Gasteiger partial charge in [0.1, 0.15) is 11.3 Å². The van der Waals surface area contributed by atoms with Gasteiger partial charge in [-0.2, -0.15) is 0 Å². The standard InChI is InChI=1S/C17H19N5O4S/c1-26-14-9-11(16(18)23)8-13-15(14)22(17(19)21-13)7-6-10-2-4-12(5-3-10)27(20,24)25/h2-5,8-9H,6-7H2,1H3,(H2,18,23)(H2,19,21)(H2,20,24,25). The summed E-state index contributed by atoms with van der Waals surface area (Å²) < 4.78 is 29.8. The fraction of sp³-hybridized carbons (Fsp3) is 0.176. The predicted octanol–water partition coefficient (Wildman–Crippen LogP) is 0.616. The van der Waals surface area contributed by atoms with Crippen LogP contribution in [0, 0.1) is 0 Å². The van der Waals surface area contributed by atoms with Crippen LogP contribution in [-0.4, -0.2) is 31.0 Å². The Hall–Kier alpha value is -3.11.